The number of benzene rings is 1. The molecule has 0 aliphatic rings. The fraction of sp³-hybridized carbons (Fsp3) is 0.250. The molecule has 166 valence electrons. The molecule has 4 aromatic rings. The van der Waals surface area contributed by atoms with Gasteiger partial charge in [0.05, 0.1) is 42.8 Å². The maximum absolute atomic E-state index is 12.3. The molecule has 3 aromatic heterocycles. The monoisotopic (exact) mass is 489 g/mol. The Labute approximate surface area is 196 Å². The van der Waals surface area contributed by atoms with Gasteiger partial charge in [0.15, 0.2) is 5.13 Å². The number of aryl methyl sites for hydroxylation is 1. The highest BCUT2D eigenvalue weighted by atomic mass is 32.2. The lowest BCUT2D eigenvalue weighted by atomic mass is 10.1. The SMILES string of the molecule is COc1ccc(-c2csc(NC(=O)CSc3nnc(Cc4csc(C)n4)o3)n2)c(OC)c1. The molecule has 4 rings (SSSR count). The minimum atomic E-state index is -0.215. The molecule has 0 aliphatic heterocycles. The van der Waals surface area contributed by atoms with Crippen LogP contribution in [0.15, 0.2) is 38.6 Å². The summed E-state index contributed by atoms with van der Waals surface area (Å²) in [6.45, 7) is 1.95. The molecular formula is C20H19N5O4S3. The molecule has 9 nitrogen and oxygen atoms in total. The van der Waals surface area contributed by atoms with Gasteiger partial charge in [-0.2, -0.15) is 0 Å². The van der Waals surface area contributed by atoms with Crippen molar-refractivity contribution in [1.29, 1.82) is 0 Å². The molecule has 0 unspecified atom stereocenters. The summed E-state index contributed by atoms with van der Waals surface area (Å²) in [7, 11) is 3.19. The van der Waals surface area contributed by atoms with Crippen molar-refractivity contribution >= 4 is 45.5 Å². The average Bonchev–Trinajstić information content (AvgIpc) is 3.54. The van der Waals surface area contributed by atoms with Crippen LogP contribution in [0.5, 0.6) is 11.5 Å². The summed E-state index contributed by atoms with van der Waals surface area (Å²) < 4.78 is 16.2. The van der Waals surface area contributed by atoms with E-state index in [1.54, 1.807) is 31.6 Å². The lowest BCUT2D eigenvalue weighted by molar-refractivity contribution is -0.113. The smallest absolute Gasteiger partial charge is 0.277 e. The molecular weight excluding hydrogens is 470 g/mol. The number of ether oxygens (including phenoxy) is 2. The van der Waals surface area contributed by atoms with Crippen molar-refractivity contribution in [2.24, 2.45) is 0 Å². The first kappa shape index (κ1) is 22.2. The van der Waals surface area contributed by atoms with Gasteiger partial charge in [-0.15, -0.1) is 32.9 Å². The predicted octanol–water partition coefficient (Wildman–Crippen LogP) is 4.30. The van der Waals surface area contributed by atoms with Crippen LogP contribution in [0.2, 0.25) is 0 Å². The van der Waals surface area contributed by atoms with E-state index in [-0.39, 0.29) is 11.7 Å². The minimum absolute atomic E-state index is 0.123. The Balaban J connectivity index is 1.32. The van der Waals surface area contributed by atoms with Crippen LogP contribution in [0.1, 0.15) is 16.6 Å². The van der Waals surface area contributed by atoms with Crippen LogP contribution in [0.25, 0.3) is 11.3 Å². The molecule has 0 aliphatic carbocycles. The third kappa shape index (κ3) is 5.44. The zero-order chi connectivity index (χ0) is 22.5. The molecule has 0 bridgehead atoms. The first-order valence-corrected chi connectivity index (χ1v) is 12.1. The van der Waals surface area contributed by atoms with E-state index in [1.165, 1.54) is 23.1 Å². The Hall–Kier alpha value is -2.96. The Morgan fingerprint density at radius 2 is 2.03 bits per heavy atom. The molecule has 0 saturated carbocycles. The topological polar surface area (TPSA) is 112 Å². The second kappa shape index (κ2) is 10.1. The summed E-state index contributed by atoms with van der Waals surface area (Å²) in [6, 6.07) is 5.49. The Morgan fingerprint density at radius 3 is 2.78 bits per heavy atom. The second-order valence-corrected chi connectivity index (χ2v) is 9.28. The molecule has 32 heavy (non-hydrogen) atoms. The summed E-state index contributed by atoms with van der Waals surface area (Å²) in [6.07, 6.45) is 0.473. The van der Waals surface area contributed by atoms with Gasteiger partial charge in [-0.25, -0.2) is 9.97 Å². The number of rotatable bonds is 9. The van der Waals surface area contributed by atoms with Crippen molar-refractivity contribution in [2.45, 2.75) is 18.6 Å². The lowest BCUT2D eigenvalue weighted by Gasteiger charge is -2.08. The van der Waals surface area contributed by atoms with Gasteiger partial charge in [-0.05, 0) is 19.1 Å². The molecule has 3 heterocycles. The number of carbonyl (C=O) groups is 1. The highest BCUT2D eigenvalue weighted by molar-refractivity contribution is 7.99. The van der Waals surface area contributed by atoms with E-state index in [4.69, 9.17) is 13.9 Å². The van der Waals surface area contributed by atoms with Gasteiger partial charge in [0.1, 0.15) is 11.5 Å². The number of hydrogen-bond donors (Lipinski definition) is 1. The maximum Gasteiger partial charge on any atom is 0.277 e. The third-order valence-corrected chi connectivity index (χ3v) is 6.61. The van der Waals surface area contributed by atoms with E-state index in [0.29, 0.717) is 39.9 Å². The number of methoxy groups -OCH3 is 2. The number of nitrogens with one attached hydrogen (secondary N) is 1. The van der Waals surface area contributed by atoms with Crippen LogP contribution in [-0.2, 0) is 11.2 Å². The van der Waals surface area contributed by atoms with Crippen molar-refractivity contribution in [3.05, 3.63) is 45.6 Å². The van der Waals surface area contributed by atoms with Crippen molar-refractivity contribution in [1.82, 2.24) is 20.2 Å². The van der Waals surface area contributed by atoms with Gasteiger partial charge >= 0.3 is 0 Å². The predicted molar refractivity (Wildman–Crippen MR) is 124 cm³/mol. The number of nitrogens with zero attached hydrogens (tertiary/aromatic N) is 4. The maximum atomic E-state index is 12.3. The number of thiazole rings is 2. The van der Waals surface area contributed by atoms with Crippen molar-refractivity contribution < 1.29 is 18.7 Å². The minimum Gasteiger partial charge on any atom is -0.497 e. The number of hydrogen-bond acceptors (Lipinski definition) is 11. The normalized spacial score (nSPS) is 10.8. The summed E-state index contributed by atoms with van der Waals surface area (Å²) in [4.78, 5) is 21.2. The van der Waals surface area contributed by atoms with Gasteiger partial charge in [0.25, 0.3) is 5.22 Å². The molecule has 1 amide bonds. The van der Waals surface area contributed by atoms with Crippen LogP contribution in [0, 0.1) is 6.92 Å². The highest BCUT2D eigenvalue weighted by Crippen LogP contribution is 2.34. The quantitative estimate of drug-likeness (QED) is 0.344. The lowest BCUT2D eigenvalue weighted by Crippen LogP contribution is -2.13. The molecule has 0 spiro atoms. The van der Waals surface area contributed by atoms with E-state index in [2.05, 4.69) is 25.5 Å². The van der Waals surface area contributed by atoms with E-state index < -0.39 is 0 Å². The molecule has 1 N–H and O–H groups in total. The summed E-state index contributed by atoms with van der Waals surface area (Å²) >= 11 is 4.08. The van der Waals surface area contributed by atoms with Gasteiger partial charge < -0.3 is 19.2 Å². The van der Waals surface area contributed by atoms with Crippen LogP contribution in [0.4, 0.5) is 5.13 Å². The Bertz CT molecular complexity index is 1220. The average molecular weight is 490 g/mol. The van der Waals surface area contributed by atoms with Crippen LogP contribution in [0.3, 0.4) is 0 Å². The van der Waals surface area contributed by atoms with Crippen molar-refractivity contribution in [2.75, 3.05) is 25.3 Å². The number of thioether (sulfide) groups is 1. The van der Waals surface area contributed by atoms with Gasteiger partial charge in [0, 0.05) is 22.4 Å². The van der Waals surface area contributed by atoms with Gasteiger partial charge in [0.2, 0.25) is 11.8 Å². The molecule has 0 radical (unpaired) electrons. The van der Waals surface area contributed by atoms with E-state index in [9.17, 15) is 4.79 Å². The first-order chi connectivity index (χ1) is 15.5. The van der Waals surface area contributed by atoms with Crippen molar-refractivity contribution in [3.8, 4) is 22.8 Å². The molecule has 0 saturated heterocycles. The summed E-state index contributed by atoms with van der Waals surface area (Å²) in [5.74, 6) is 1.71. The fourth-order valence-electron chi connectivity index (χ4n) is 2.76. The first-order valence-electron chi connectivity index (χ1n) is 9.38. The standard InChI is InChI=1S/C20H19N5O4S3/c1-11-21-12(8-30-11)6-18-24-25-20(29-18)32-10-17(26)23-19-22-15(9-31-19)14-5-4-13(27-2)7-16(14)28-3/h4-5,7-9H,6,10H2,1-3H3,(H,22,23,26). The summed E-state index contributed by atoms with van der Waals surface area (Å²) in [5.41, 5.74) is 2.41. The van der Waals surface area contributed by atoms with E-state index in [1.807, 2.05) is 29.8 Å². The fourth-order valence-corrected chi connectivity index (χ4v) is 4.68. The molecule has 1 aromatic carbocycles. The molecule has 12 heteroatoms. The van der Waals surface area contributed by atoms with Gasteiger partial charge in [-0.1, -0.05) is 11.8 Å². The van der Waals surface area contributed by atoms with Crippen LogP contribution in [-0.4, -0.2) is 46.0 Å². The largest absolute Gasteiger partial charge is 0.497 e. The van der Waals surface area contributed by atoms with Gasteiger partial charge in [-0.3, -0.25) is 4.79 Å². The number of aromatic nitrogens is 4. The Morgan fingerprint density at radius 1 is 1.16 bits per heavy atom. The third-order valence-electron chi connectivity index (χ3n) is 4.21. The van der Waals surface area contributed by atoms with Crippen molar-refractivity contribution in [3.63, 3.8) is 0 Å². The zero-order valence-electron chi connectivity index (χ0n) is 17.4. The van der Waals surface area contributed by atoms with Crippen LogP contribution < -0.4 is 14.8 Å². The molecule has 0 fully saturated rings. The molecule has 0 atom stereocenters. The van der Waals surface area contributed by atoms with E-state index >= 15 is 0 Å². The zero-order valence-corrected chi connectivity index (χ0v) is 19.9. The number of carbonyl (C=O) groups excluding carboxylic acids is 1. The highest BCUT2D eigenvalue weighted by Gasteiger charge is 2.15. The second-order valence-electron chi connectivity index (χ2n) is 6.44. The Kier molecular flexibility index (Phi) is 7.02. The summed E-state index contributed by atoms with van der Waals surface area (Å²) in [5, 5.41) is 16.4. The number of amides is 1. The van der Waals surface area contributed by atoms with E-state index in [0.717, 1.165) is 16.3 Å². The number of anilines is 1. The van der Waals surface area contributed by atoms with Crippen LogP contribution >= 0.6 is 34.4 Å².